The number of carboxylic acid groups (broad SMARTS) is 1. The van der Waals surface area contributed by atoms with Crippen molar-refractivity contribution < 1.29 is 36.3 Å². The van der Waals surface area contributed by atoms with Crippen molar-refractivity contribution >= 4 is 44.5 Å². The Balaban J connectivity index is 0.000000470. The molecule has 0 unspecified atom stereocenters. The van der Waals surface area contributed by atoms with Gasteiger partial charge < -0.3 is 15.0 Å². The van der Waals surface area contributed by atoms with Crippen LogP contribution in [0.5, 0.6) is 0 Å². The summed E-state index contributed by atoms with van der Waals surface area (Å²) in [5.41, 5.74) is 2.51. The van der Waals surface area contributed by atoms with Crippen molar-refractivity contribution in [3.8, 4) is 0 Å². The van der Waals surface area contributed by atoms with Gasteiger partial charge in [0.15, 0.2) is 0 Å². The molecule has 1 saturated heterocycles. The maximum atomic E-state index is 13.0. The number of carboxylic acids is 1. The van der Waals surface area contributed by atoms with Gasteiger partial charge in [-0.2, -0.15) is 17.5 Å². The minimum absolute atomic E-state index is 0.114. The van der Waals surface area contributed by atoms with Gasteiger partial charge in [-0.25, -0.2) is 18.2 Å². The second kappa shape index (κ2) is 11.8. The van der Waals surface area contributed by atoms with E-state index in [1.54, 1.807) is 29.6 Å². The molecule has 1 aliphatic carbocycles. The minimum atomic E-state index is -5.08. The monoisotopic (exact) mass is 600 g/mol. The van der Waals surface area contributed by atoms with E-state index in [0.29, 0.717) is 35.5 Å². The molecule has 3 aromatic rings. The summed E-state index contributed by atoms with van der Waals surface area (Å²) in [5.74, 6) is -0.962. The lowest BCUT2D eigenvalue weighted by molar-refractivity contribution is -0.192. The van der Waals surface area contributed by atoms with Gasteiger partial charge in [-0.15, -0.1) is 0 Å². The topological polar surface area (TPSA) is 122 Å². The average molecular weight is 601 g/mol. The van der Waals surface area contributed by atoms with E-state index in [2.05, 4.69) is 9.88 Å². The van der Waals surface area contributed by atoms with Crippen LogP contribution in [0.4, 0.5) is 13.2 Å². The number of benzene rings is 2. The number of aliphatic carboxylic acids is 1. The van der Waals surface area contributed by atoms with Crippen LogP contribution in [0.3, 0.4) is 0 Å². The van der Waals surface area contributed by atoms with E-state index in [1.165, 1.54) is 6.07 Å². The number of piperidine rings is 1. The molecule has 0 spiro atoms. The van der Waals surface area contributed by atoms with Gasteiger partial charge in [0.1, 0.15) is 5.82 Å². The molecule has 2 N–H and O–H groups in total. The van der Waals surface area contributed by atoms with Crippen molar-refractivity contribution in [2.75, 3.05) is 20.1 Å². The first-order valence-corrected chi connectivity index (χ1v) is 14.4. The highest BCUT2D eigenvalue weighted by Crippen LogP contribution is 2.41. The van der Waals surface area contributed by atoms with E-state index in [4.69, 9.17) is 26.5 Å². The molecule has 2 aromatic carbocycles. The van der Waals surface area contributed by atoms with E-state index in [1.807, 2.05) is 18.2 Å². The quantitative estimate of drug-likeness (QED) is 0.424. The first-order chi connectivity index (χ1) is 18.8. The molecular weight excluding hydrogens is 573 g/mol. The SMILES string of the molecule is CNC(=O)c1ccc2nc(C3CC3)n(CC3CCN(S(=O)(=O)c4cccc(Cl)c4)CC3)c2c1.O=C(O)C(F)(F)F. The van der Waals surface area contributed by atoms with Gasteiger partial charge in [-0.1, -0.05) is 17.7 Å². The molecule has 1 aliphatic heterocycles. The lowest BCUT2D eigenvalue weighted by Crippen LogP contribution is -2.39. The summed E-state index contributed by atoms with van der Waals surface area (Å²) in [4.78, 5) is 26.2. The van der Waals surface area contributed by atoms with Gasteiger partial charge in [0.25, 0.3) is 5.91 Å². The van der Waals surface area contributed by atoms with Crippen LogP contribution in [-0.4, -0.2) is 65.6 Å². The Hall–Kier alpha value is -3.16. The molecular formula is C26H28ClF3N4O5S. The molecule has 2 heterocycles. The molecule has 0 bridgehead atoms. The first kappa shape index (κ1) is 29.8. The molecule has 0 atom stereocenters. The number of imidazole rings is 1. The Bertz CT molecular complexity index is 1510. The summed E-state index contributed by atoms with van der Waals surface area (Å²) >= 11 is 6.01. The molecule has 1 aromatic heterocycles. The predicted octanol–water partition coefficient (Wildman–Crippen LogP) is 4.66. The maximum Gasteiger partial charge on any atom is 0.490 e. The predicted molar refractivity (Wildman–Crippen MR) is 142 cm³/mol. The molecule has 14 heteroatoms. The van der Waals surface area contributed by atoms with E-state index in [-0.39, 0.29) is 10.8 Å². The third kappa shape index (κ3) is 6.76. The third-order valence-corrected chi connectivity index (χ3v) is 9.03. The fourth-order valence-electron chi connectivity index (χ4n) is 4.64. The van der Waals surface area contributed by atoms with Crippen molar-refractivity contribution in [1.82, 2.24) is 19.2 Å². The average Bonchev–Trinajstić information content (AvgIpc) is 3.70. The zero-order valence-electron chi connectivity index (χ0n) is 21.5. The molecule has 40 heavy (non-hydrogen) atoms. The number of hydrogen-bond acceptors (Lipinski definition) is 5. The molecule has 216 valence electrons. The maximum absolute atomic E-state index is 13.0. The standard InChI is InChI=1S/C24H27ClN4O3S.C2HF3O2/c1-26-24(30)18-7-8-21-22(13-18)29(23(27-21)17-5-6-17)15-16-9-11-28(12-10-16)33(31,32)20-4-2-3-19(25)14-20;3-2(4,5)1(6)7/h2-4,7-8,13-14,16-17H,5-6,9-12,15H2,1H3,(H,26,30);(H,6,7). The highest BCUT2D eigenvalue weighted by Gasteiger charge is 2.38. The van der Waals surface area contributed by atoms with Crippen molar-refractivity contribution in [2.45, 2.75) is 49.2 Å². The molecule has 0 radical (unpaired) electrons. The van der Waals surface area contributed by atoms with Gasteiger partial charge in [-0.3, -0.25) is 4.79 Å². The van der Waals surface area contributed by atoms with Gasteiger partial charge in [0, 0.05) is 43.2 Å². The molecule has 2 aliphatic rings. The van der Waals surface area contributed by atoms with Crippen LogP contribution in [-0.2, 0) is 21.4 Å². The Morgan fingerprint density at radius 2 is 1.75 bits per heavy atom. The largest absolute Gasteiger partial charge is 0.490 e. The fraction of sp³-hybridized carbons (Fsp3) is 0.423. The number of carbonyl (C=O) groups excluding carboxylic acids is 1. The lowest BCUT2D eigenvalue weighted by Gasteiger charge is -2.31. The Kier molecular flexibility index (Phi) is 8.76. The number of aromatic nitrogens is 2. The van der Waals surface area contributed by atoms with Gasteiger partial charge in [-0.05, 0) is 68.0 Å². The van der Waals surface area contributed by atoms with E-state index < -0.39 is 22.2 Å². The number of nitrogens with zero attached hydrogens (tertiary/aromatic N) is 3. The number of hydrogen-bond donors (Lipinski definition) is 2. The minimum Gasteiger partial charge on any atom is -0.475 e. The number of rotatable bonds is 6. The molecule has 5 rings (SSSR count). The highest BCUT2D eigenvalue weighted by molar-refractivity contribution is 7.89. The smallest absolute Gasteiger partial charge is 0.475 e. The van der Waals surface area contributed by atoms with Crippen LogP contribution >= 0.6 is 11.6 Å². The van der Waals surface area contributed by atoms with Gasteiger partial charge >= 0.3 is 12.1 Å². The number of nitrogens with one attached hydrogen (secondary N) is 1. The number of fused-ring (bicyclic) bond motifs is 1. The van der Waals surface area contributed by atoms with Crippen molar-refractivity contribution in [1.29, 1.82) is 0 Å². The van der Waals surface area contributed by atoms with Crippen molar-refractivity contribution in [3.63, 3.8) is 0 Å². The number of halogens is 4. The van der Waals surface area contributed by atoms with Crippen molar-refractivity contribution in [2.24, 2.45) is 5.92 Å². The van der Waals surface area contributed by atoms with E-state index in [0.717, 1.165) is 49.1 Å². The summed E-state index contributed by atoms with van der Waals surface area (Å²) in [6, 6.07) is 12.1. The van der Waals surface area contributed by atoms with E-state index in [9.17, 15) is 26.4 Å². The second-order valence-electron chi connectivity index (χ2n) is 9.75. The summed E-state index contributed by atoms with van der Waals surface area (Å²) < 4.78 is 61.6. The van der Waals surface area contributed by atoms with Crippen molar-refractivity contribution in [3.05, 3.63) is 58.9 Å². The number of amides is 1. The van der Waals surface area contributed by atoms with Crippen LogP contribution in [0.1, 0.15) is 47.8 Å². The third-order valence-electron chi connectivity index (χ3n) is 6.90. The molecule has 9 nitrogen and oxygen atoms in total. The summed E-state index contributed by atoms with van der Waals surface area (Å²) in [5, 5.41) is 10.2. The zero-order chi connectivity index (χ0) is 29.2. The fourth-order valence-corrected chi connectivity index (χ4v) is 6.41. The summed E-state index contributed by atoms with van der Waals surface area (Å²) in [6.07, 6.45) is -1.25. The zero-order valence-corrected chi connectivity index (χ0v) is 23.1. The summed E-state index contributed by atoms with van der Waals surface area (Å²) in [7, 11) is -1.92. The van der Waals surface area contributed by atoms with Crippen LogP contribution in [0, 0.1) is 5.92 Å². The van der Waals surface area contributed by atoms with Crippen LogP contribution in [0.2, 0.25) is 5.02 Å². The number of sulfonamides is 1. The van der Waals surface area contributed by atoms with Crippen LogP contribution in [0.15, 0.2) is 47.4 Å². The Morgan fingerprint density at radius 3 is 2.30 bits per heavy atom. The van der Waals surface area contributed by atoms with Gasteiger partial charge in [0.2, 0.25) is 10.0 Å². The molecule has 2 fully saturated rings. The molecule has 1 amide bonds. The highest BCUT2D eigenvalue weighted by atomic mass is 35.5. The Morgan fingerprint density at radius 1 is 1.10 bits per heavy atom. The van der Waals surface area contributed by atoms with Crippen LogP contribution in [0.25, 0.3) is 11.0 Å². The van der Waals surface area contributed by atoms with E-state index >= 15 is 0 Å². The Labute approximate surface area is 234 Å². The first-order valence-electron chi connectivity index (χ1n) is 12.6. The van der Waals surface area contributed by atoms with Gasteiger partial charge in [0.05, 0.1) is 15.9 Å². The second-order valence-corrected chi connectivity index (χ2v) is 12.1. The van der Waals surface area contributed by atoms with Crippen LogP contribution < -0.4 is 5.32 Å². The number of carbonyl (C=O) groups is 2. The normalized spacial score (nSPS) is 16.8. The lowest BCUT2D eigenvalue weighted by atomic mass is 9.98. The number of alkyl halides is 3. The molecule has 1 saturated carbocycles. The summed E-state index contributed by atoms with van der Waals surface area (Å²) in [6.45, 7) is 1.74.